The van der Waals surface area contributed by atoms with Gasteiger partial charge >= 0.3 is 0 Å². The van der Waals surface area contributed by atoms with Crippen molar-refractivity contribution >= 4 is 11.6 Å². The summed E-state index contributed by atoms with van der Waals surface area (Å²) in [5.74, 6) is 1.87. The number of carbonyl (C=O) groups is 1. The van der Waals surface area contributed by atoms with Gasteiger partial charge in [0.25, 0.3) is 0 Å². The Labute approximate surface area is 166 Å². The number of aromatic nitrogens is 2. The van der Waals surface area contributed by atoms with Crippen LogP contribution in [0.4, 0.5) is 5.69 Å². The molecule has 0 spiro atoms. The second-order valence-corrected chi connectivity index (χ2v) is 7.44. The first-order valence-corrected chi connectivity index (χ1v) is 9.73. The molecule has 2 aromatic rings. The molecule has 0 radical (unpaired) electrons. The number of carbonyl (C=O) groups excluding carboxylic acids is 1. The largest absolute Gasteiger partial charge is 0.497 e. The molecule has 1 aromatic carbocycles. The van der Waals surface area contributed by atoms with Crippen LogP contribution in [-0.4, -0.2) is 54.4 Å². The van der Waals surface area contributed by atoms with E-state index in [0.717, 1.165) is 38.2 Å². The third kappa shape index (κ3) is 5.04. The number of ether oxygens (including phenoxy) is 2. The number of aryl methyl sites for hydroxylation is 2. The van der Waals surface area contributed by atoms with Crippen molar-refractivity contribution in [1.82, 2.24) is 14.7 Å². The number of nitrogens with one attached hydrogen (secondary N) is 1. The lowest BCUT2D eigenvalue weighted by Gasteiger charge is -2.31. The Bertz CT molecular complexity index is 810. The summed E-state index contributed by atoms with van der Waals surface area (Å²) in [6, 6.07) is 7.49. The average molecular weight is 386 g/mol. The molecular formula is C21H30N4O3. The molecule has 1 saturated heterocycles. The minimum atomic E-state index is -0.0273. The molecule has 0 aliphatic carbocycles. The summed E-state index contributed by atoms with van der Waals surface area (Å²) in [7, 11) is 3.18. The number of hydrogen-bond acceptors (Lipinski definition) is 5. The molecule has 0 atom stereocenters. The minimum absolute atomic E-state index is 0.0273. The second kappa shape index (κ2) is 9.10. The van der Waals surface area contributed by atoms with Crippen molar-refractivity contribution in [3.8, 4) is 11.5 Å². The highest BCUT2D eigenvalue weighted by atomic mass is 16.5. The Hall–Kier alpha value is -2.54. The quantitative estimate of drug-likeness (QED) is 0.792. The molecule has 1 aliphatic heterocycles. The summed E-state index contributed by atoms with van der Waals surface area (Å²) in [4.78, 5) is 14.7. The van der Waals surface area contributed by atoms with Crippen LogP contribution in [-0.2, 0) is 11.3 Å². The zero-order valence-electron chi connectivity index (χ0n) is 17.2. The van der Waals surface area contributed by atoms with Crippen LogP contribution >= 0.6 is 0 Å². The molecule has 1 aromatic heterocycles. The first-order chi connectivity index (χ1) is 13.5. The molecule has 3 rings (SSSR count). The van der Waals surface area contributed by atoms with E-state index in [1.54, 1.807) is 26.4 Å². The summed E-state index contributed by atoms with van der Waals surface area (Å²) in [6.45, 7) is 7.34. The Balaban J connectivity index is 1.48. The molecule has 152 valence electrons. The zero-order chi connectivity index (χ0) is 20.1. The van der Waals surface area contributed by atoms with E-state index in [4.69, 9.17) is 9.47 Å². The first kappa shape index (κ1) is 20.2. The van der Waals surface area contributed by atoms with Crippen molar-refractivity contribution in [2.24, 2.45) is 5.92 Å². The highest BCUT2D eigenvalue weighted by Crippen LogP contribution is 2.29. The van der Waals surface area contributed by atoms with E-state index >= 15 is 0 Å². The molecular weight excluding hydrogens is 356 g/mol. The van der Waals surface area contributed by atoms with Crippen LogP contribution in [0.25, 0.3) is 0 Å². The Morgan fingerprint density at radius 2 is 1.93 bits per heavy atom. The third-order valence-electron chi connectivity index (χ3n) is 5.29. The van der Waals surface area contributed by atoms with Crippen LogP contribution in [0.2, 0.25) is 0 Å². The van der Waals surface area contributed by atoms with E-state index < -0.39 is 0 Å². The lowest BCUT2D eigenvalue weighted by Crippen LogP contribution is -2.40. The van der Waals surface area contributed by atoms with E-state index in [9.17, 15) is 4.79 Å². The van der Waals surface area contributed by atoms with E-state index in [1.807, 2.05) is 13.0 Å². The standard InChI is InChI=1S/C21H30N4O3/c1-15-11-16(2)25(23-15)13-17-7-9-24(10-8-17)14-21(26)22-19-6-5-18(27-3)12-20(19)28-4/h5-6,11-12,17H,7-10,13-14H2,1-4H3,(H,22,26). The van der Waals surface area contributed by atoms with Gasteiger partial charge in [-0.2, -0.15) is 5.10 Å². The summed E-state index contributed by atoms with van der Waals surface area (Å²) in [5.41, 5.74) is 2.95. The van der Waals surface area contributed by atoms with Gasteiger partial charge in [-0.05, 0) is 63.9 Å². The number of piperidine rings is 1. The smallest absolute Gasteiger partial charge is 0.238 e. The van der Waals surface area contributed by atoms with E-state index in [2.05, 4.69) is 33.0 Å². The van der Waals surface area contributed by atoms with Gasteiger partial charge in [-0.1, -0.05) is 0 Å². The summed E-state index contributed by atoms with van der Waals surface area (Å²) in [6.07, 6.45) is 2.16. The first-order valence-electron chi connectivity index (χ1n) is 9.73. The molecule has 7 heteroatoms. The van der Waals surface area contributed by atoms with Gasteiger partial charge in [-0.25, -0.2) is 0 Å². The number of rotatable bonds is 7. The van der Waals surface area contributed by atoms with Crippen molar-refractivity contribution in [2.75, 3.05) is 39.2 Å². The van der Waals surface area contributed by atoms with E-state index in [-0.39, 0.29) is 5.91 Å². The van der Waals surface area contributed by atoms with Crippen molar-refractivity contribution in [1.29, 1.82) is 0 Å². The third-order valence-corrected chi connectivity index (χ3v) is 5.29. The van der Waals surface area contributed by atoms with Gasteiger partial charge in [-0.15, -0.1) is 0 Å². The molecule has 1 aliphatic rings. The summed E-state index contributed by atoms with van der Waals surface area (Å²) >= 11 is 0. The van der Waals surface area contributed by atoms with Crippen molar-refractivity contribution in [3.63, 3.8) is 0 Å². The van der Waals surface area contributed by atoms with Crippen LogP contribution in [0.1, 0.15) is 24.2 Å². The van der Waals surface area contributed by atoms with E-state index in [1.165, 1.54) is 5.69 Å². The predicted octanol–water partition coefficient (Wildman–Crippen LogP) is 2.87. The number of nitrogens with zero attached hydrogens (tertiary/aromatic N) is 3. The highest BCUT2D eigenvalue weighted by molar-refractivity contribution is 5.93. The monoisotopic (exact) mass is 386 g/mol. The normalized spacial score (nSPS) is 15.4. The molecule has 0 unspecified atom stereocenters. The molecule has 1 N–H and O–H groups in total. The Kier molecular flexibility index (Phi) is 6.57. The number of hydrogen-bond donors (Lipinski definition) is 1. The minimum Gasteiger partial charge on any atom is -0.497 e. The molecule has 1 amide bonds. The molecule has 0 bridgehead atoms. The number of likely N-dealkylation sites (tertiary alicyclic amines) is 1. The van der Waals surface area contributed by atoms with Gasteiger partial charge in [0.15, 0.2) is 0 Å². The molecule has 28 heavy (non-hydrogen) atoms. The lowest BCUT2D eigenvalue weighted by molar-refractivity contribution is -0.117. The van der Waals surface area contributed by atoms with Gasteiger partial charge < -0.3 is 14.8 Å². The number of amides is 1. The Morgan fingerprint density at radius 1 is 1.18 bits per heavy atom. The SMILES string of the molecule is COc1ccc(NC(=O)CN2CCC(Cn3nc(C)cc3C)CC2)c(OC)c1. The van der Waals surface area contributed by atoms with Crippen molar-refractivity contribution < 1.29 is 14.3 Å². The van der Waals surface area contributed by atoms with E-state index in [0.29, 0.717) is 29.6 Å². The molecule has 0 saturated carbocycles. The average Bonchev–Trinajstić information content (AvgIpc) is 3.00. The number of anilines is 1. The summed E-state index contributed by atoms with van der Waals surface area (Å²) in [5, 5.41) is 7.51. The van der Waals surface area contributed by atoms with Crippen LogP contribution in [0, 0.1) is 19.8 Å². The maximum absolute atomic E-state index is 12.5. The fraction of sp³-hybridized carbons (Fsp3) is 0.524. The van der Waals surface area contributed by atoms with Crippen molar-refractivity contribution in [2.45, 2.75) is 33.2 Å². The van der Waals surface area contributed by atoms with Crippen LogP contribution < -0.4 is 14.8 Å². The second-order valence-electron chi connectivity index (χ2n) is 7.44. The van der Waals surface area contributed by atoms with Gasteiger partial charge in [0.05, 0.1) is 32.1 Å². The molecule has 2 heterocycles. The Morgan fingerprint density at radius 3 is 2.54 bits per heavy atom. The topological polar surface area (TPSA) is 68.6 Å². The maximum atomic E-state index is 12.5. The van der Waals surface area contributed by atoms with Gasteiger partial charge in [0, 0.05) is 18.3 Å². The van der Waals surface area contributed by atoms with Crippen LogP contribution in [0.5, 0.6) is 11.5 Å². The fourth-order valence-corrected chi connectivity index (χ4v) is 3.73. The van der Waals surface area contributed by atoms with Crippen LogP contribution in [0.3, 0.4) is 0 Å². The molecule has 1 fully saturated rings. The highest BCUT2D eigenvalue weighted by Gasteiger charge is 2.22. The number of benzene rings is 1. The van der Waals surface area contributed by atoms with Crippen LogP contribution in [0.15, 0.2) is 24.3 Å². The van der Waals surface area contributed by atoms with Gasteiger partial charge in [-0.3, -0.25) is 14.4 Å². The predicted molar refractivity (Wildman–Crippen MR) is 109 cm³/mol. The van der Waals surface area contributed by atoms with Crippen molar-refractivity contribution in [3.05, 3.63) is 35.7 Å². The molecule has 7 nitrogen and oxygen atoms in total. The van der Waals surface area contributed by atoms with Gasteiger partial charge in [0.1, 0.15) is 11.5 Å². The zero-order valence-corrected chi connectivity index (χ0v) is 17.2. The van der Waals surface area contributed by atoms with Gasteiger partial charge in [0.2, 0.25) is 5.91 Å². The number of methoxy groups -OCH3 is 2. The fourth-order valence-electron chi connectivity index (χ4n) is 3.73. The maximum Gasteiger partial charge on any atom is 0.238 e. The lowest BCUT2D eigenvalue weighted by atomic mass is 9.97. The summed E-state index contributed by atoms with van der Waals surface area (Å²) < 4.78 is 12.6.